The first-order valence-corrected chi connectivity index (χ1v) is 6.11. The number of benzene rings is 1. The average molecular weight is 327 g/mol. The fourth-order valence-electron chi connectivity index (χ4n) is 1.03. The van der Waals surface area contributed by atoms with E-state index in [1.807, 2.05) is 0 Å². The number of halogens is 1. The summed E-state index contributed by atoms with van der Waals surface area (Å²) in [4.78, 5) is 0. The molecule has 0 bridgehead atoms. The fourth-order valence-corrected chi connectivity index (χ4v) is 1.64. The van der Waals surface area contributed by atoms with Crippen molar-refractivity contribution in [1.29, 1.82) is 0 Å². The van der Waals surface area contributed by atoms with Crippen LogP contribution in [0.3, 0.4) is 0 Å². The second-order valence-electron chi connectivity index (χ2n) is 3.50. The van der Waals surface area contributed by atoms with Crippen LogP contribution in [-0.2, 0) is 23.7 Å². The summed E-state index contributed by atoms with van der Waals surface area (Å²) in [7, 11) is 0. The Hall–Kier alpha value is 0.573. The Morgan fingerprint density at radius 2 is 1.67 bits per heavy atom. The molecule has 0 saturated heterocycles. The largest absolute Gasteiger partial charge is 0.107 e. The predicted molar refractivity (Wildman–Crippen MR) is 59.7 cm³/mol. The Morgan fingerprint density at radius 3 is 2.08 bits per heavy atom. The van der Waals surface area contributed by atoms with Crippen LogP contribution in [0.5, 0.6) is 0 Å². The van der Waals surface area contributed by atoms with Gasteiger partial charge in [-0.1, -0.05) is 0 Å². The Morgan fingerprint density at radius 1 is 1.17 bits per heavy atom. The SMILES string of the molecule is CC(C)([CH2][Zn])c1ccccc1.I. The number of hydrogen-bond acceptors (Lipinski definition) is 0. The summed E-state index contributed by atoms with van der Waals surface area (Å²) >= 11 is 1.38. The molecule has 0 aliphatic carbocycles. The third kappa shape index (κ3) is 3.14. The molecule has 1 aromatic rings. The first-order valence-electron chi connectivity index (χ1n) is 4.01. The van der Waals surface area contributed by atoms with E-state index < -0.39 is 0 Å². The van der Waals surface area contributed by atoms with Crippen molar-refractivity contribution in [3.05, 3.63) is 35.9 Å². The van der Waals surface area contributed by atoms with E-state index in [4.69, 9.17) is 0 Å². The van der Waals surface area contributed by atoms with E-state index in [2.05, 4.69) is 44.2 Å². The predicted octanol–water partition coefficient (Wildman–Crippen LogP) is 3.55. The van der Waals surface area contributed by atoms with E-state index in [0.717, 1.165) is 0 Å². The molecular formula is C10H14IZn. The normalized spacial score (nSPS) is 10.7. The van der Waals surface area contributed by atoms with Crippen LogP contribution >= 0.6 is 24.0 Å². The number of rotatable bonds is 2. The molecule has 0 unspecified atom stereocenters. The first kappa shape index (κ1) is 12.6. The van der Waals surface area contributed by atoms with Gasteiger partial charge in [-0.05, 0) is 0 Å². The third-order valence-electron chi connectivity index (χ3n) is 2.18. The van der Waals surface area contributed by atoms with Gasteiger partial charge in [0, 0.05) is 0 Å². The van der Waals surface area contributed by atoms with Crippen LogP contribution in [0.2, 0.25) is 5.02 Å². The maximum Gasteiger partial charge on any atom is -0.107 e. The van der Waals surface area contributed by atoms with E-state index >= 15 is 0 Å². The zero-order valence-electron chi connectivity index (χ0n) is 7.71. The molecular weight excluding hydrogens is 312 g/mol. The van der Waals surface area contributed by atoms with Gasteiger partial charge in [-0.3, -0.25) is 0 Å². The van der Waals surface area contributed by atoms with Gasteiger partial charge in [-0.15, -0.1) is 24.0 Å². The first-order chi connectivity index (χ1) is 5.17. The van der Waals surface area contributed by atoms with Crippen molar-refractivity contribution in [3.63, 3.8) is 0 Å². The van der Waals surface area contributed by atoms with Gasteiger partial charge in [0.15, 0.2) is 0 Å². The van der Waals surface area contributed by atoms with Crippen LogP contribution in [0.15, 0.2) is 30.3 Å². The summed E-state index contributed by atoms with van der Waals surface area (Å²) in [6.07, 6.45) is 0. The van der Waals surface area contributed by atoms with Crippen molar-refractivity contribution in [2.75, 3.05) is 0 Å². The van der Waals surface area contributed by atoms with Crippen LogP contribution in [0.25, 0.3) is 0 Å². The maximum atomic E-state index is 2.31. The minimum absolute atomic E-state index is 0. The summed E-state index contributed by atoms with van der Waals surface area (Å²) in [5.41, 5.74) is 1.85. The Balaban J connectivity index is 0.00000121. The Kier molecular flexibility index (Phi) is 5.59. The molecule has 0 nitrogen and oxygen atoms in total. The molecule has 12 heavy (non-hydrogen) atoms. The van der Waals surface area contributed by atoms with Crippen LogP contribution < -0.4 is 0 Å². The molecule has 0 aromatic heterocycles. The van der Waals surface area contributed by atoms with Crippen LogP contribution in [0.4, 0.5) is 0 Å². The molecule has 0 atom stereocenters. The topological polar surface area (TPSA) is 0 Å². The summed E-state index contributed by atoms with van der Waals surface area (Å²) in [5, 5.41) is 1.32. The van der Waals surface area contributed by atoms with Crippen molar-refractivity contribution in [1.82, 2.24) is 0 Å². The zero-order chi connectivity index (χ0) is 8.32. The molecule has 0 radical (unpaired) electrons. The summed E-state index contributed by atoms with van der Waals surface area (Å²) in [6, 6.07) is 10.7. The van der Waals surface area contributed by atoms with Gasteiger partial charge in [0.1, 0.15) is 0 Å². The van der Waals surface area contributed by atoms with Gasteiger partial charge in [0.05, 0.1) is 0 Å². The molecule has 0 heterocycles. The quantitative estimate of drug-likeness (QED) is 0.576. The monoisotopic (exact) mass is 325 g/mol. The molecule has 0 aliphatic heterocycles. The molecule has 0 fully saturated rings. The third-order valence-corrected chi connectivity index (χ3v) is 4.80. The molecule has 0 aliphatic rings. The molecule has 0 amide bonds. The molecule has 0 spiro atoms. The number of hydrogen-bond donors (Lipinski definition) is 0. The van der Waals surface area contributed by atoms with Gasteiger partial charge < -0.3 is 0 Å². The van der Waals surface area contributed by atoms with E-state index in [9.17, 15) is 0 Å². The van der Waals surface area contributed by atoms with Gasteiger partial charge in [0.2, 0.25) is 0 Å². The van der Waals surface area contributed by atoms with E-state index in [0.29, 0.717) is 5.41 Å². The van der Waals surface area contributed by atoms with Crippen molar-refractivity contribution in [3.8, 4) is 0 Å². The minimum atomic E-state index is 0. The molecule has 63 valence electrons. The molecule has 1 rings (SSSR count). The van der Waals surface area contributed by atoms with Gasteiger partial charge in [-0.2, -0.15) is 0 Å². The van der Waals surface area contributed by atoms with Crippen molar-refractivity contribution >= 4 is 24.0 Å². The molecule has 2 heteroatoms. The summed E-state index contributed by atoms with van der Waals surface area (Å²) in [6.45, 7) is 4.62. The van der Waals surface area contributed by atoms with Crippen LogP contribution in [0.1, 0.15) is 19.4 Å². The maximum absolute atomic E-state index is 2.31. The van der Waals surface area contributed by atoms with Crippen molar-refractivity contribution in [2.24, 2.45) is 0 Å². The van der Waals surface area contributed by atoms with Gasteiger partial charge in [-0.25, -0.2) is 0 Å². The fraction of sp³-hybridized carbons (Fsp3) is 0.400. The van der Waals surface area contributed by atoms with Crippen molar-refractivity contribution in [2.45, 2.75) is 24.3 Å². The summed E-state index contributed by atoms with van der Waals surface area (Å²) < 4.78 is 0. The Bertz CT molecular complexity index is 219. The average Bonchev–Trinajstić information content (AvgIpc) is 2.06. The second-order valence-corrected chi connectivity index (χ2v) is 4.55. The van der Waals surface area contributed by atoms with E-state index in [1.165, 1.54) is 28.9 Å². The van der Waals surface area contributed by atoms with Crippen LogP contribution in [0, 0.1) is 0 Å². The second kappa shape index (κ2) is 5.33. The van der Waals surface area contributed by atoms with E-state index in [-0.39, 0.29) is 24.0 Å². The zero-order valence-corrected chi connectivity index (χ0v) is 13.0. The molecule has 1 aromatic carbocycles. The standard InChI is InChI=1S/C10H13.HI.Zn/c1-10(2,3)9-7-5-4-6-8-9;;/h4-8H,1H2,2-3H3;1H;. The molecule has 0 saturated carbocycles. The Labute approximate surface area is 102 Å². The summed E-state index contributed by atoms with van der Waals surface area (Å²) in [5.74, 6) is 0. The van der Waals surface area contributed by atoms with Gasteiger partial charge in [0.25, 0.3) is 0 Å². The smallest absolute Gasteiger partial charge is 0.107 e. The van der Waals surface area contributed by atoms with Crippen LogP contribution in [-0.4, -0.2) is 0 Å². The van der Waals surface area contributed by atoms with Gasteiger partial charge >= 0.3 is 78.5 Å². The molecule has 0 N–H and O–H groups in total. The minimum Gasteiger partial charge on any atom is -0.107 e. The van der Waals surface area contributed by atoms with E-state index in [1.54, 1.807) is 0 Å². The van der Waals surface area contributed by atoms with Crippen molar-refractivity contribution < 1.29 is 18.3 Å².